The van der Waals surface area contributed by atoms with Crippen LogP contribution in [0, 0.1) is 6.92 Å². The molecule has 0 spiro atoms. The van der Waals surface area contributed by atoms with E-state index in [1.807, 2.05) is 24.3 Å². The number of hydrogen-bond acceptors (Lipinski definition) is 2. The lowest BCUT2D eigenvalue weighted by Crippen LogP contribution is -2.04. The van der Waals surface area contributed by atoms with Crippen molar-refractivity contribution in [3.8, 4) is 0 Å². The number of nitrogens with one attached hydrogen (secondary N) is 1. The van der Waals surface area contributed by atoms with Gasteiger partial charge in [0.15, 0.2) is 0 Å². The van der Waals surface area contributed by atoms with Crippen molar-refractivity contribution < 1.29 is 0 Å². The predicted molar refractivity (Wildman–Crippen MR) is 84.8 cm³/mol. The molecule has 0 radical (unpaired) electrons. The minimum Gasteiger partial charge on any atom is -0.398 e. The van der Waals surface area contributed by atoms with Crippen molar-refractivity contribution in [3.63, 3.8) is 0 Å². The maximum absolute atomic E-state index is 5.92. The molecule has 18 heavy (non-hydrogen) atoms. The second-order valence-corrected chi connectivity index (χ2v) is 5.86. The summed E-state index contributed by atoms with van der Waals surface area (Å²) < 4.78 is 2.09. The first-order valence-electron chi connectivity index (χ1n) is 5.61. The van der Waals surface area contributed by atoms with E-state index in [-0.39, 0.29) is 0 Å². The van der Waals surface area contributed by atoms with E-state index in [0.717, 1.165) is 25.9 Å². The third-order valence-electron chi connectivity index (χ3n) is 2.70. The van der Waals surface area contributed by atoms with E-state index in [2.05, 4.69) is 56.2 Å². The highest BCUT2D eigenvalue weighted by Crippen LogP contribution is 2.32. The second-order valence-electron chi connectivity index (χ2n) is 4.16. The number of halogens is 2. The van der Waals surface area contributed by atoms with E-state index in [9.17, 15) is 0 Å². The number of nitrogens with two attached hydrogens (primary N) is 1. The highest BCUT2D eigenvalue weighted by atomic mass is 79.9. The highest BCUT2D eigenvalue weighted by Gasteiger charge is 2.06. The molecule has 0 aromatic heterocycles. The van der Waals surface area contributed by atoms with Crippen LogP contribution in [-0.2, 0) is 6.54 Å². The first-order valence-corrected chi connectivity index (χ1v) is 7.19. The van der Waals surface area contributed by atoms with Crippen molar-refractivity contribution in [2.45, 2.75) is 13.5 Å². The van der Waals surface area contributed by atoms with Crippen LogP contribution in [0.2, 0.25) is 0 Å². The molecule has 2 aromatic rings. The van der Waals surface area contributed by atoms with Crippen LogP contribution in [0.5, 0.6) is 0 Å². The van der Waals surface area contributed by atoms with E-state index in [4.69, 9.17) is 5.73 Å². The van der Waals surface area contributed by atoms with Crippen LogP contribution < -0.4 is 11.1 Å². The maximum Gasteiger partial charge on any atom is 0.0631 e. The van der Waals surface area contributed by atoms with E-state index in [1.54, 1.807) is 0 Å². The van der Waals surface area contributed by atoms with Crippen molar-refractivity contribution in [2.24, 2.45) is 0 Å². The Morgan fingerprint density at radius 2 is 1.72 bits per heavy atom. The molecule has 2 nitrogen and oxygen atoms in total. The fraction of sp³-hybridized carbons (Fsp3) is 0.143. The third-order valence-corrected chi connectivity index (χ3v) is 3.95. The third kappa shape index (κ3) is 3.06. The van der Waals surface area contributed by atoms with Gasteiger partial charge in [0.25, 0.3) is 0 Å². The topological polar surface area (TPSA) is 38.0 Å². The van der Waals surface area contributed by atoms with Gasteiger partial charge in [0.05, 0.1) is 5.69 Å². The molecule has 0 bridgehead atoms. The minimum absolute atomic E-state index is 0.701. The summed E-state index contributed by atoms with van der Waals surface area (Å²) in [6, 6.07) is 12.0. The quantitative estimate of drug-likeness (QED) is 0.768. The van der Waals surface area contributed by atoms with Gasteiger partial charge in [-0.15, -0.1) is 0 Å². The number of nitrogen functional groups attached to an aromatic ring is 1. The zero-order valence-electron chi connectivity index (χ0n) is 10.0. The lowest BCUT2D eigenvalue weighted by molar-refractivity contribution is 1.14. The van der Waals surface area contributed by atoms with Crippen molar-refractivity contribution in [2.75, 3.05) is 11.1 Å². The van der Waals surface area contributed by atoms with Crippen molar-refractivity contribution in [1.82, 2.24) is 0 Å². The lowest BCUT2D eigenvalue weighted by atomic mass is 10.1. The normalized spacial score (nSPS) is 10.4. The maximum atomic E-state index is 5.92. The first kappa shape index (κ1) is 13.4. The Hall–Kier alpha value is -1.00. The number of rotatable bonds is 3. The predicted octanol–water partition coefficient (Wildman–Crippen LogP) is 4.71. The zero-order valence-corrected chi connectivity index (χ0v) is 13.2. The molecule has 3 N–H and O–H groups in total. The Labute approximate surface area is 124 Å². The molecule has 0 atom stereocenters. The molecule has 0 fully saturated rings. The van der Waals surface area contributed by atoms with Gasteiger partial charge in [-0.3, -0.25) is 0 Å². The van der Waals surface area contributed by atoms with Gasteiger partial charge >= 0.3 is 0 Å². The average Bonchev–Trinajstić information content (AvgIpc) is 2.30. The summed E-state index contributed by atoms with van der Waals surface area (Å²) in [6.45, 7) is 2.77. The molecule has 0 saturated heterocycles. The van der Waals surface area contributed by atoms with E-state index >= 15 is 0 Å². The summed E-state index contributed by atoms with van der Waals surface area (Å²) in [4.78, 5) is 0. The van der Waals surface area contributed by atoms with Gasteiger partial charge in [-0.1, -0.05) is 18.2 Å². The standard InChI is InChI=1S/C14H14Br2N2/c1-9-6-11(15)14(12(16)7-9)18-8-10-4-2-3-5-13(10)17/h2-7,18H,8,17H2,1H3. The monoisotopic (exact) mass is 368 g/mol. The highest BCUT2D eigenvalue weighted by molar-refractivity contribution is 9.11. The summed E-state index contributed by atoms with van der Waals surface area (Å²) in [5.41, 5.74) is 10.1. The summed E-state index contributed by atoms with van der Waals surface area (Å²) in [5, 5.41) is 3.39. The average molecular weight is 370 g/mol. The van der Waals surface area contributed by atoms with Gasteiger partial charge in [0, 0.05) is 21.2 Å². The summed E-state index contributed by atoms with van der Waals surface area (Å²) in [7, 11) is 0. The van der Waals surface area contributed by atoms with Gasteiger partial charge in [0.2, 0.25) is 0 Å². The van der Waals surface area contributed by atoms with Crippen LogP contribution in [0.15, 0.2) is 45.3 Å². The molecule has 94 valence electrons. The van der Waals surface area contributed by atoms with Crippen molar-refractivity contribution >= 4 is 43.2 Å². The van der Waals surface area contributed by atoms with Gasteiger partial charge in [-0.25, -0.2) is 0 Å². The molecule has 0 aliphatic carbocycles. The van der Waals surface area contributed by atoms with Crippen LogP contribution in [0.25, 0.3) is 0 Å². The molecular weight excluding hydrogens is 356 g/mol. The van der Waals surface area contributed by atoms with Gasteiger partial charge in [-0.05, 0) is 68.1 Å². The fourth-order valence-corrected chi connectivity index (χ4v) is 3.44. The Bertz CT molecular complexity index is 544. The van der Waals surface area contributed by atoms with Gasteiger partial charge in [-0.2, -0.15) is 0 Å². The van der Waals surface area contributed by atoms with Crippen LogP contribution >= 0.6 is 31.9 Å². The van der Waals surface area contributed by atoms with Crippen LogP contribution in [0.4, 0.5) is 11.4 Å². The number of benzene rings is 2. The van der Waals surface area contributed by atoms with Crippen molar-refractivity contribution in [3.05, 3.63) is 56.5 Å². The second kappa shape index (κ2) is 5.76. The SMILES string of the molecule is Cc1cc(Br)c(NCc2ccccc2N)c(Br)c1. The first-order chi connectivity index (χ1) is 8.58. The summed E-state index contributed by atoms with van der Waals surface area (Å²) in [6.07, 6.45) is 0. The van der Waals surface area contributed by atoms with E-state index in [0.29, 0.717) is 6.54 Å². The number of para-hydroxylation sites is 1. The molecule has 0 aliphatic rings. The molecule has 0 aliphatic heterocycles. The Balaban J connectivity index is 2.19. The largest absolute Gasteiger partial charge is 0.398 e. The van der Waals surface area contributed by atoms with Gasteiger partial charge in [0.1, 0.15) is 0 Å². The molecule has 0 amide bonds. The number of aryl methyl sites for hydroxylation is 1. The minimum atomic E-state index is 0.701. The molecule has 4 heteroatoms. The summed E-state index contributed by atoms with van der Waals surface area (Å²) >= 11 is 7.13. The molecule has 2 aromatic carbocycles. The van der Waals surface area contributed by atoms with Crippen molar-refractivity contribution in [1.29, 1.82) is 0 Å². The fourth-order valence-electron chi connectivity index (χ4n) is 1.75. The van der Waals surface area contributed by atoms with E-state index < -0.39 is 0 Å². The molecular formula is C14H14Br2N2. The van der Waals surface area contributed by atoms with Crippen LogP contribution in [0.1, 0.15) is 11.1 Å². The lowest BCUT2D eigenvalue weighted by Gasteiger charge is -2.13. The molecule has 2 rings (SSSR count). The number of anilines is 2. The van der Waals surface area contributed by atoms with Crippen LogP contribution in [-0.4, -0.2) is 0 Å². The van der Waals surface area contributed by atoms with Gasteiger partial charge < -0.3 is 11.1 Å². The van der Waals surface area contributed by atoms with Crippen LogP contribution in [0.3, 0.4) is 0 Å². The molecule has 0 saturated carbocycles. The Morgan fingerprint density at radius 3 is 2.33 bits per heavy atom. The Morgan fingerprint density at radius 1 is 1.11 bits per heavy atom. The smallest absolute Gasteiger partial charge is 0.0631 e. The Kier molecular flexibility index (Phi) is 4.30. The summed E-state index contributed by atoms with van der Waals surface area (Å²) in [5.74, 6) is 0. The zero-order chi connectivity index (χ0) is 13.1. The number of hydrogen-bond donors (Lipinski definition) is 2. The van der Waals surface area contributed by atoms with E-state index in [1.165, 1.54) is 5.56 Å². The molecule has 0 unspecified atom stereocenters. The molecule has 0 heterocycles.